The van der Waals surface area contributed by atoms with Gasteiger partial charge in [-0.3, -0.25) is 4.79 Å². The van der Waals surface area contributed by atoms with Gasteiger partial charge in [-0.25, -0.2) is 19.2 Å². The number of ether oxygens (including phenoxy) is 1. The lowest BCUT2D eigenvalue weighted by atomic mass is 10.1. The number of nitrogens with zero attached hydrogens (tertiary/aromatic N) is 2. The Morgan fingerprint density at radius 3 is 2.35 bits per heavy atom. The number of amides is 2. The van der Waals surface area contributed by atoms with Crippen molar-refractivity contribution in [3.8, 4) is 0 Å². The van der Waals surface area contributed by atoms with Crippen LogP contribution in [-0.4, -0.2) is 46.3 Å². The first-order chi connectivity index (χ1) is 12.5. The molecule has 1 aliphatic rings. The molecule has 1 saturated heterocycles. The highest BCUT2D eigenvalue weighted by Crippen LogP contribution is 2.16. The van der Waals surface area contributed by atoms with E-state index in [0.717, 1.165) is 10.6 Å². The maximum absolute atomic E-state index is 13.0. The molecule has 1 atom stereocenters. The maximum atomic E-state index is 13.0. The monoisotopic (exact) mass is 358 g/mol. The molecule has 1 N–H and O–H groups in total. The van der Waals surface area contributed by atoms with E-state index >= 15 is 0 Å². The van der Waals surface area contributed by atoms with Crippen LogP contribution in [0.15, 0.2) is 54.6 Å². The van der Waals surface area contributed by atoms with Crippen LogP contribution in [0.3, 0.4) is 0 Å². The first kappa shape index (κ1) is 17.9. The minimum atomic E-state index is -0.837. The Hall–Kier alpha value is -2.93. The number of β-amino-alcohol motifs (C(OH)–C–C–N with tert-alkyl or cyclic N) is 1. The summed E-state index contributed by atoms with van der Waals surface area (Å²) in [6.07, 6.45) is -1.54. The SMILES string of the molecule is O=C(Cc1ccc(F)cc1)N1CC(O)CN1C(=O)OCc1ccccc1. The number of aliphatic hydroxyl groups excluding tert-OH is 1. The van der Waals surface area contributed by atoms with Crippen LogP contribution in [0.1, 0.15) is 11.1 Å². The summed E-state index contributed by atoms with van der Waals surface area (Å²) < 4.78 is 18.2. The van der Waals surface area contributed by atoms with Crippen LogP contribution in [0.5, 0.6) is 0 Å². The first-order valence-electron chi connectivity index (χ1n) is 8.24. The molecule has 1 heterocycles. The molecule has 136 valence electrons. The third kappa shape index (κ3) is 4.37. The highest BCUT2D eigenvalue weighted by Gasteiger charge is 2.36. The van der Waals surface area contributed by atoms with Crippen LogP contribution >= 0.6 is 0 Å². The van der Waals surface area contributed by atoms with E-state index in [2.05, 4.69) is 0 Å². The van der Waals surface area contributed by atoms with Gasteiger partial charge in [-0.15, -0.1) is 0 Å². The molecule has 1 aliphatic heterocycles. The number of carbonyl (C=O) groups is 2. The van der Waals surface area contributed by atoms with Gasteiger partial charge in [0.15, 0.2) is 0 Å². The zero-order valence-electron chi connectivity index (χ0n) is 14.0. The van der Waals surface area contributed by atoms with E-state index < -0.39 is 12.2 Å². The van der Waals surface area contributed by atoms with E-state index in [1.165, 1.54) is 29.3 Å². The van der Waals surface area contributed by atoms with Crippen molar-refractivity contribution >= 4 is 12.0 Å². The van der Waals surface area contributed by atoms with Gasteiger partial charge in [0.1, 0.15) is 12.4 Å². The lowest BCUT2D eigenvalue weighted by molar-refractivity contribution is -0.141. The average Bonchev–Trinajstić information content (AvgIpc) is 3.04. The molecule has 26 heavy (non-hydrogen) atoms. The summed E-state index contributed by atoms with van der Waals surface area (Å²) in [6, 6.07) is 14.7. The zero-order valence-corrected chi connectivity index (χ0v) is 14.0. The molecule has 0 saturated carbocycles. The molecule has 1 unspecified atom stereocenters. The highest BCUT2D eigenvalue weighted by molar-refractivity contribution is 5.81. The number of hydrogen-bond donors (Lipinski definition) is 1. The van der Waals surface area contributed by atoms with Crippen molar-refractivity contribution < 1.29 is 23.8 Å². The fourth-order valence-electron chi connectivity index (χ4n) is 2.73. The van der Waals surface area contributed by atoms with E-state index in [4.69, 9.17) is 4.74 Å². The van der Waals surface area contributed by atoms with Gasteiger partial charge < -0.3 is 9.84 Å². The lowest BCUT2D eigenvalue weighted by Gasteiger charge is -2.26. The molecule has 1 fully saturated rings. The number of halogens is 1. The Balaban J connectivity index is 1.62. The molecule has 2 aromatic carbocycles. The quantitative estimate of drug-likeness (QED) is 0.909. The maximum Gasteiger partial charge on any atom is 0.429 e. The molecule has 0 radical (unpaired) electrons. The smallest absolute Gasteiger partial charge is 0.429 e. The Bertz CT molecular complexity index is 767. The van der Waals surface area contributed by atoms with Crippen LogP contribution < -0.4 is 0 Å². The standard InChI is InChI=1S/C19H19FN2O4/c20-16-8-6-14(7-9-16)10-18(24)21-11-17(23)12-22(21)19(25)26-13-15-4-2-1-3-5-15/h1-9,17,23H,10-13H2. The van der Waals surface area contributed by atoms with Gasteiger partial charge in [0.2, 0.25) is 5.91 Å². The molecule has 2 aromatic rings. The summed E-state index contributed by atoms with van der Waals surface area (Å²) in [6.45, 7) is 0.0789. The van der Waals surface area contributed by atoms with Gasteiger partial charge in [-0.2, -0.15) is 0 Å². The average molecular weight is 358 g/mol. The Kier molecular flexibility index (Phi) is 5.48. The van der Waals surface area contributed by atoms with Crippen LogP contribution in [-0.2, 0) is 22.6 Å². The number of hydrogen-bond acceptors (Lipinski definition) is 4. The Morgan fingerprint density at radius 2 is 1.65 bits per heavy atom. The van der Waals surface area contributed by atoms with Crippen molar-refractivity contribution in [1.82, 2.24) is 10.0 Å². The molecule has 0 spiro atoms. The van der Waals surface area contributed by atoms with Crippen molar-refractivity contribution in [1.29, 1.82) is 0 Å². The fraction of sp³-hybridized carbons (Fsp3) is 0.263. The molecule has 3 rings (SSSR count). The number of rotatable bonds is 4. The number of benzene rings is 2. The van der Waals surface area contributed by atoms with Gasteiger partial charge >= 0.3 is 6.09 Å². The predicted octanol–water partition coefficient (Wildman–Crippen LogP) is 2.13. The number of hydrazine groups is 1. The summed E-state index contributed by atoms with van der Waals surface area (Å²) in [5.74, 6) is -0.756. The van der Waals surface area contributed by atoms with Crippen molar-refractivity contribution in [3.05, 3.63) is 71.5 Å². The van der Waals surface area contributed by atoms with Crippen LogP contribution in [0.4, 0.5) is 9.18 Å². The summed E-state index contributed by atoms with van der Waals surface area (Å²) in [4.78, 5) is 24.8. The van der Waals surface area contributed by atoms with E-state index in [1.54, 1.807) is 0 Å². The van der Waals surface area contributed by atoms with Gasteiger partial charge in [0.25, 0.3) is 0 Å². The second-order valence-electron chi connectivity index (χ2n) is 6.06. The molecular weight excluding hydrogens is 339 g/mol. The summed E-state index contributed by atoms with van der Waals surface area (Å²) in [5, 5.41) is 12.2. The molecule has 2 amide bonds. The van der Waals surface area contributed by atoms with E-state index in [0.29, 0.717) is 5.56 Å². The van der Waals surface area contributed by atoms with E-state index in [1.807, 2.05) is 30.3 Å². The summed E-state index contributed by atoms with van der Waals surface area (Å²) in [7, 11) is 0. The van der Waals surface area contributed by atoms with Crippen LogP contribution in [0.2, 0.25) is 0 Å². The predicted molar refractivity (Wildman–Crippen MR) is 91.2 cm³/mol. The van der Waals surface area contributed by atoms with Crippen LogP contribution in [0.25, 0.3) is 0 Å². The normalized spacial score (nSPS) is 16.6. The lowest BCUT2D eigenvalue weighted by Crippen LogP contribution is -2.45. The third-order valence-electron chi connectivity index (χ3n) is 4.03. The van der Waals surface area contributed by atoms with E-state index in [-0.39, 0.29) is 37.8 Å². The molecule has 0 bridgehead atoms. The second-order valence-corrected chi connectivity index (χ2v) is 6.06. The fourth-order valence-corrected chi connectivity index (χ4v) is 2.73. The van der Waals surface area contributed by atoms with Gasteiger partial charge in [-0.05, 0) is 23.3 Å². The molecule has 0 aliphatic carbocycles. The minimum absolute atomic E-state index is 0.00450. The number of aliphatic hydroxyl groups is 1. The second kappa shape index (κ2) is 7.97. The molecular formula is C19H19FN2O4. The summed E-state index contributed by atoms with van der Waals surface area (Å²) >= 11 is 0. The molecule has 7 heteroatoms. The molecule has 6 nitrogen and oxygen atoms in total. The van der Waals surface area contributed by atoms with Crippen molar-refractivity contribution in [3.63, 3.8) is 0 Å². The van der Waals surface area contributed by atoms with Crippen LogP contribution in [0, 0.1) is 5.82 Å². The zero-order chi connectivity index (χ0) is 18.5. The largest absolute Gasteiger partial charge is 0.443 e. The topological polar surface area (TPSA) is 70.1 Å². The minimum Gasteiger partial charge on any atom is -0.443 e. The van der Waals surface area contributed by atoms with E-state index in [9.17, 15) is 19.1 Å². The molecule has 0 aromatic heterocycles. The van der Waals surface area contributed by atoms with Gasteiger partial charge in [0, 0.05) is 0 Å². The van der Waals surface area contributed by atoms with Crippen molar-refractivity contribution in [2.75, 3.05) is 13.1 Å². The van der Waals surface area contributed by atoms with Crippen molar-refractivity contribution in [2.45, 2.75) is 19.1 Å². The summed E-state index contributed by atoms with van der Waals surface area (Å²) in [5.41, 5.74) is 1.44. The Labute approximate surface area is 150 Å². The Morgan fingerprint density at radius 1 is 1.00 bits per heavy atom. The van der Waals surface area contributed by atoms with Gasteiger partial charge in [0.05, 0.1) is 25.6 Å². The third-order valence-corrected chi connectivity index (χ3v) is 4.03. The highest BCUT2D eigenvalue weighted by atomic mass is 19.1. The number of carbonyl (C=O) groups excluding carboxylic acids is 2. The first-order valence-corrected chi connectivity index (χ1v) is 8.24. The van der Waals surface area contributed by atoms with Crippen molar-refractivity contribution in [2.24, 2.45) is 0 Å². The van der Waals surface area contributed by atoms with Gasteiger partial charge in [-0.1, -0.05) is 42.5 Å².